The van der Waals surface area contributed by atoms with E-state index >= 15 is 0 Å². The maximum atomic E-state index is 5.62. The molecule has 9 nitrogen and oxygen atoms in total. The van der Waals surface area contributed by atoms with E-state index in [1.807, 2.05) is 0 Å². The molecule has 0 aromatic carbocycles. The van der Waals surface area contributed by atoms with E-state index in [0.29, 0.717) is 0 Å². The highest BCUT2D eigenvalue weighted by atomic mass is 31.3. The number of rotatable bonds is 4. The van der Waals surface area contributed by atoms with Crippen molar-refractivity contribution in [3.05, 3.63) is 0 Å². The van der Waals surface area contributed by atoms with E-state index < -0.39 is 22.5 Å². The zero-order valence-corrected chi connectivity index (χ0v) is 15.9. The Kier molecular flexibility index (Phi) is 3.04. The average Bonchev–Trinajstić information content (AvgIpc) is 3.38. The second kappa shape index (κ2) is 4.79. The molecule has 0 aromatic rings. The molecule has 6 aliphatic rings. The third-order valence-electron chi connectivity index (χ3n) is 4.98. The predicted molar refractivity (Wildman–Crippen MR) is 95.0 cm³/mol. The van der Waals surface area contributed by atoms with Crippen LogP contribution in [0.4, 0.5) is 0 Å². The van der Waals surface area contributed by atoms with Gasteiger partial charge in [-0.1, -0.05) is 0 Å². The average molecular weight is 375 g/mol. The van der Waals surface area contributed by atoms with Gasteiger partial charge in [-0.05, 0) is 6.42 Å². The molecule has 1 spiro atoms. The monoisotopic (exact) mass is 375 g/mol. The van der Waals surface area contributed by atoms with Crippen LogP contribution in [-0.4, -0.2) is 84.1 Å². The molecule has 2 N–H and O–H groups in total. The highest BCUT2D eigenvalue weighted by Crippen LogP contribution is 2.82. The lowest BCUT2D eigenvalue weighted by atomic mass is 10.4. The summed E-state index contributed by atoms with van der Waals surface area (Å²) in [5.41, 5.74) is 0. The lowest BCUT2D eigenvalue weighted by Gasteiger charge is -2.42. The van der Waals surface area contributed by atoms with E-state index in [4.69, 9.17) is 13.8 Å². The summed E-state index contributed by atoms with van der Waals surface area (Å²) in [5.74, 6) is 0. The summed E-state index contributed by atoms with van der Waals surface area (Å²) < 4.78 is 26.4. The van der Waals surface area contributed by atoms with E-state index in [1.54, 1.807) is 0 Å². The molecule has 23 heavy (non-hydrogen) atoms. The minimum absolute atomic E-state index is 0.942. The topological polar surface area (TPSA) is 73.2 Å². The van der Waals surface area contributed by atoms with Crippen molar-refractivity contribution in [2.24, 2.45) is 13.8 Å². The van der Waals surface area contributed by atoms with Crippen LogP contribution >= 0.6 is 22.5 Å². The fourth-order valence-corrected chi connectivity index (χ4v) is 18.1. The molecular formula is C11H24N9P3. The molecular weight excluding hydrogens is 351 g/mol. The Balaban J connectivity index is 1.60. The molecule has 1 unspecified atom stereocenters. The third-order valence-corrected chi connectivity index (χ3v) is 17.1. The van der Waals surface area contributed by atoms with Crippen molar-refractivity contribution < 1.29 is 0 Å². The number of nitrogens with zero attached hydrogens (tertiary/aromatic N) is 7. The van der Waals surface area contributed by atoms with Crippen LogP contribution in [0.1, 0.15) is 6.42 Å². The van der Waals surface area contributed by atoms with Crippen LogP contribution in [0.15, 0.2) is 13.8 Å². The van der Waals surface area contributed by atoms with Gasteiger partial charge in [0.2, 0.25) is 15.0 Å². The standard InChI is InChI=1S/C11H24N9P3/c1-2-12-21(13-3-1)14-22(17-4-5-17,18-6-7-18)16-23(15-21,19-8-9-19)20-10-11-20/h12,14H,1-11H2. The third kappa shape index (κ3) is 2.26. The van der Waals surface area contributed by atoms with Gasteiger partial charge in [-0.3, -0.25) is 9.83 Å². The molecule has 6 heterocycles. The second-order valence-corrected chi connectivity index (χ2v) is 15.4. The van der Waals surface area contributed by atoms with E-state index in [9.17, 15) is 0 Å². The summed E-state index contributed by atoms with van der Waals surface area (Å²) >= 11 is 0. The van der Waals surface area contributed by atoms with E-state index in [2.05, 4.69) is 28.6 Å². The minimum atomic E-state index is -1.99. The van der Waals surface area contributed by atoms with E-state index in [-0.39, 0.29) is 0 Å². The molecule has 12 heteroatoms. The summed E-state index contributed by atoms with van der Waals surface area (Å²) in [7, 11) is -5.66. The first-order valence-electron chi connectivity index (χ1n) is 8.67. The quantitative estimate of drug-likeness (QED) is 0.576. The Morgan fingerprint density at radius 1 is 0.739 bits per heavy atom. The molecule has 6 aliphatic heterocycles. The molecule has 0 bridgehead atoms. The summed E-state index contributed by atoms with van der Waals surface area (Å²) in [6, 6.07) is 0. The van der Waals surface area contributed by atoms with Gasteiger partial charge >= 0.3 is 0 Å². The smallest absolute Gasteiger partial charge is 0.220 e. The van der Waals surface area contributed by atoms with Crippen molar-refractivity contribution in [2.75, 3.05) is 65.4 Å². The molecule has 0 saturated carbocycles. The highest BCUT2D eigenvalue weighted by molar-refractivity contribution is 7.85. The molecule has 4 saturated heterocycles. The summed E-state index contributed by atoms with van der Waals surface area (Å²) in [4.78, 5) is 3.96. The molecule has 6 rings (SSSR count). The van der Waals surface area contributed by atoms with Crippen LogP contribution in [0.3, 0.4) is 0 Å². The predicted octanol–water partition coefficient (Wildman–Crippen LogP) is 1.68. The van der Waals surface area contributed by atoms with Gasteiger partial charge in [0.1, 0.15) is 0 Å². The van der Waals surface area contributed by atoms with Crippen molar-refractivity contribution in [3.8, 4) is 0 Å². The second-order valence-electron chi connectivity index (χ2n) is 6.93. The Morgan fingerprint density at radius 3 is 1.83 bits per heavy atom. The van der Waals surface area contributed by atoms with Crippen LogP contribution in [0.5, 0.6) is 0 Å². The zero-order chi connectivity index (χ0) is 15.1. The van der Waals surface area contributed by atoms with Crippen LogP contribution in [0, 0.1) is 0 Å². The Labute approximate surface area is 137 Å². The molecule has 0 amide bonds. The van der Waals surface area contributed by atoms with Gasteiger partial charge in [-0.15, -0.1) is 0 Å². The van der Waals surface area contributed by atoms with Crippen molar-refractivity contribution in [3.63, 3.8) is 0 Å². The SMILES string of the molecule is C1CN=P2(N=P(N3CC3)(N3CC3)N=P(N3CC3)(N3CC3)N2)NC1. The molecule has 4 fully saturated rings. The normalized spacial score (nSPS) is 41.7. The Bertz CT molecular complexity index is 684. The van der Waals surface area contributed by atoms with Crippen LogP contribution in [-0.2, 0) is 0 Å². The fourth-order valence-electron chi connectivity index (χ4n) is 3.39. The zero-order valence-electron chi connectivity index (χ0n) is 13.3. The molecule has 0 aliphatic carbocycles. The first kappa shape index (κ1) is 14.6. The van der Waals surface area contributed by atoms with Gasteiger partial charge in [-0.2, -0.15) is 13.9 Å². The van der Waals surface area contributed by atoms with Crippen molar-refractivity contribution in [1.29, 1.82) is 0 Å². The van der Waals surface area contributed by atoms with Crippen LogP contribution in [0.25, 0.3) is 0 Å². The first-order chi connectivity index (χ1) is 11.2. The summed E-state index contributed by atoms with van der Waals surface area (Å²) in [6.07, 6.45) is 1.13. The molecule has 0 radical (unpaired) electrons. The van der Waals surface area contributed by atoms with Crippen LogP contribution < -0.4 is 9.95 Å². The largest absolute Gasteiger partial charge is 0.255 e. The lowest BCUT2D eigenvalue weighted by Crippen LogP contribution is -2.31. The first-order valence-corrected chi connectivity index (χ1v) is 13.6. The van der Waals surface area contributed by atoms with Crippen molar-refractivity contribution in [2.45, 2.75) is 6.42 Å². The Morgan fingerprint density at radius 2 is 1.35 bits per heavy atom. The number of hydrogen-bond acceptors (Lipinski definition) is 9. The lowest BCUT2D eigenvalue weighted by molar-refractivity contribution is 0.727. The summed E-state index contributed by atoms with van der Waals surface area (Å²) in [5, 5.41) is 3.73. The van der Waals surface area contributed by atoms with Gasteiger partial charge < -0.3 is 0 Å². The van der Waals surface area contributed by atoms with Crippen molar-refractivity contribution in [1.82, 2.24) is 28.6 Å². The van der Waals surface area contributed by atoms with Crippen molar-refractivity contribution >= 4 is 22.5 Å². The Hall–Kier alpha value is 0.450. The minimum Gasteiger partial charge on any atom is -0.255 e. The van der Waals surface area contributed by atoms with Gasteiger partial charge in [0.25, 0.3) is 0 Å². The fraction of sp³-hybridized carbons (Fsp3) is 1.00. The molecule has 128 valence electrons. The van der Waals surface area contributed by atoms with Gasteiger partial charge in [0.15, 0.2) is 7.51 Å². The van der Waals surface area contributed by atoms with Crippen LogP contribution in [0.2, 0.25) is 0 Å². The number of hydrogen-bond donors (Lipinski definition) is 2. The van der Waals surface area contributed by atoms with E-state index in [1.165, 1.54) is 26.2 Å². The van der Waals surface area contributed by atoms with Gasteiger partial charge in [0.05, 0.1) is 0 Å². The van der Waals surface area contributed by atoms with Gasteiger partial charge in [0, 0.05) is 65.4 Å². The van der Waals surface area contributed by atoms with Gasteiger partial charge in [-0.25, -0.2) is 18.7 Å². The maximum Gasteiger partial charge on any atom is 0.220 e. The van der Waals surface area contributed by atoms with E-state index in [0.717, 1.165) is 45.7 Å². The number of nitrogens with one attached hydrogen (secondary N) is 2. The molecule has 0 aromatic heterocycles. The maximum absolute atomic E-state index is 5.62. The summed E-state index contributed by atoms with van der Waals surface area (Å²) in [6.45, 7) is 11.4. The molecule has 1 atom stereocenters. The highest BCUT2D eigenvalue weighted by Gasteiger charge is 2.57.